The summed E-state index contributed by atoms with van der Waals surface area (Å²) in [5.41, 5.74) is 0. The lowest BCUT2D eigenvalue weighted by atomic mass is 10.1. The molecule has 1 aromatic heterocycles. The van der Waals surface area contributed by atoms with Crippen molar-refractivity contribution in [2.45, 2.75) is 19.4 Å². The first-order valence-corrected chi connectivity index (χ1v) is 8.01. The van der Waals surface area contributed by atoms with E-state index in [1.54, 1.807) is 6.26 Å². The summed E-state index contributed by atoms with van der Waals surface area (Å²) in [6, 6.07) is 3.79. The van der Waals surface area contributed by atoms with Gasteiger partial charge in [0, 0.05) is 33.3 Å². The van der Waals surface area contributed by atoms with Gasteiger partial charge in [0.2, 0.25) is 0 Å². The Bertz CT molecular complexity index is 433. The van der Waals surface area contributed by atoms with Crippen LogP contribution in [0.4, 0.5) is 0 Å². The fourth-order valence-corrected chi connectivity index (χ4v) is 2.60. The molecule has 0 aromatic carbocycles. The zero-order valence-corrected chi connectivity index (χ0v) is 13.7. The van der Waals surface area contributed by atoms with Crippen molar-refractivity contribution >= 4 is 5.96 Å². The Morgan fingerprint density at radius 2 is 2.41 bits per heavy atom. The molecule has 0 radical (unpaired) electrons. The molecule has 0 amide bonds. The molecule has 0 aliphatic carbocycles. The van der Waals surface area contributed by atoms with Gasteiger partial charge >= 0.3 is 0 Å². The van der Waals surface area contributed by atoms with Gasteiger partial charge in [-0.05, 0) is 44.5 Å². The monoisotopic (exact) mass is 308 g/mol. The average Bonchev–Trinajstić information content (AvgIpc) is 3.17. The van der Waals surface area contributed by atoms with Crippen LogP contribution in [0.2, 0.25) is 0 Å². The van der Waals surface area contributed by atoms with Crippen molar-refractivity contribution in [3.63, 3.8) is 0 Å². The third-order valence-corrected chi connectivity index (χ3v) is 3.85. The van der Waals surface area contributed by atoms with Crippen molar-refractivity contribution in [2.24, 2.45) is 10.9 Å². The van der Waals surface area contributed by atoms with Gasteiger partial charge < -0.3 is 24.7 Å². The van der Waals surface area contributed by atoms with Gasteiger partial charge in [-0.15, -0.1) is 0 Å². The number of aliphatic imine (C=N–C) groups is 1. The highest BCUT2D eigenvalue weighted by atomic mass is 16.5. The number of hydrogen-bond acceptors (Lipinski definition) is 4. The average molecular weight is 308 g/mol. The summed E-state index contributed by atoms with van der Waals surface area (Å²) in [6.07, 6.45) is 3.87. The lowest BCUT2D eigenvalue weighted by Gasteiger charge is -2.15. The minimum absolute atomic E-state index is 0.537. The third kappa shape index (κ3) is 6.07. The standard InChI is InChI=1S/C16H28N4O2/c1-17-16(19-11-14-6-8-20(2)12-14)18-7-4-9-21-13-15-5-3-10-22-15/h3,5,10,14H,4,6-9,11-13H2,1-2H3,(H2,17,18,19). The largest absolute Gasteiger partial charge is 0.467 e. The van der Waals surface area contributed by atoms with Crippen LogP contribution in [0.5, 0.6) is 0 Å². The molecule has 1 fully saturated rings. The molecule has 0 bridgehead atoms. The van der Waals surface area contributed by atoms with Gasteiger partial charge in [0.25, 0.3) is 0 Å². The van der Waals surface area contributed by atoms with Gasteiger partial charge in [0.05, 0.1) is 6.26 Å². The first kappa shape index (κ1) is 16.8. The summed E-state index contributed by atoms with van der Waals surface area (Å²) in [5, 5.41) is 6.72. The molecule has 1 atom stereocenters. The lowest BCUT2D eigenvalue weighted by molar-refractivity contribution is 0.105. The van der Waals surface area contributed by atoms with Crippen molar-refractivity contribution in [3.05, 3.63) is 24.2 Å². The van der Waals surface area contributed by atoms with Gasteiger partial charge in [0.15, 0.2) is 5.96 Å². The Labute approximate surface area is 132 Å². The zero-order chi connectivity index (χ0) is 15.6. The second-order valence-electron chi connectivity index (χ2n) is 5.78. The highest BCUT2D eigenvalue weighted by molar-refractivity contribution is 5.79. The van der Waals surface area contributed by atoms with Crippen molar-refractivity contribution in [1.29, 1.82) is 0 Å². The SMILES string of the molecule is CN=C(NCCCOCc1ccco1)NCC1CCN(C)C1. The van der Waals surface area contributed by atoms with E-state index in [0.29, 0.717) is 13.2 Å². The second-order valence-corrected chi connectivity index (χ2v) is 5.78. The highest BCUT2D eigenvalue weighted by Gasteiger charge is 2.19. The van der Waals surface area contributed by atoms with Crippen LogP contribution in [-0.4, -0.2) is 57.7 Å². The molecule has 1 aromatic rings. The van der Waals surface area contributed by atoms with Gasteiger partial charge in [-0.25, -0.2) is 0 Å². The molecule has 6 heteroatoms. The Balaban J connectivity index is 1.49. The van der Waals surface area contributed by atoms with Crippen molar-refractivity contribution in [2.75, 3.05) is 46.9 Å². The fourth-order valence-electron chi connectivity index (χ4n) is 2.60. The van der Waals surface area contributed by atoms with Crippen LogP contribution in [0.3, 0.4) is 0 Å². The van der Waals surface area contributed by atoms with E-state index in [2.05, 4.69) is 27.6 Å². The summed E-state index contributed by atoms with van der Waals surface area (Å²) < 4.78 is 10.8. The van der Waals surface area contributed by atoms with E-state index < -0.39 is 0 Å². The van der Waals surface area contributed by atoms with Crippen molar-refractivity contribution < 1.29 is 9.15 Å². The molecule has 1 aliphatic rings. The number of ether oxygens (including phenoxy) is 1. The molecule has 2 heterocycles. The lowest BCUT2D eigenvalue weighted by Crippen LogP contribution is -2.40. The Kier molecular flexibility index (Phi) is 7.25. The second kappa shape index (κ2) is 9.48. The summed E-state index contributed by atoms with van der Waals surface area (Å²) in [7, 11) is 3.99. The van der Waals surface area contributed by atoms with Crippen LogP contribution in [-0.2, 0) is 11.3 Å². The Hall–Kier alpha value is -1.53. The van der Waals surface area contributed by atoms with Crippen LogP contribution < -0.4 is 10.6 Å². The predicted molar refractivity (Wildman–Crippen MR) is 87.9 cm³/mol. The van der Waals surface area contributed by atoms with Crippen LogP contribution in [0.15, 0.2) is 27.8 Å². The molecule has 1 aliphatic heterocycles. The molecular weight excluding hydrogens is 280 g/mol. The summed E-state index contributed by atoms with van der Waals surface area (Å²) in [5.74, 6) is 2.47. The van der Waals surface area contributed by atoms with E-state index in [4.69, 9.17) is 9.15 Å². The smallest absolute Gasteiger partial charge is 0.190 e. The molecule has 0 spiro atoms. The molecule has 6 nitrogen and oxygen atoms in total. The van der Waals surface area contributed by atoms with E-state index in [1.165, 1.54) is 19.5 Å². The normalized spacial score (nSPS) is 19.5. The molecule has 1 saturated heterocycles. The number of likely N-dealkylation sites (tertiary alicyclic amines) is 1. The maximum atomic E-state index is 5.55. The number of nitrogens with zero attached hydrogens (tertiary/aromatic N) is 2. The molecule has 1 unspecified atom stereocenters. The maximum absolute atomic E-state index is 5.55. The Morgan fingerprint density at radius 1 is 1.50 bits per heavy atom. The fraction of sp³-hybridized carbons (Fsp3) is 0.688. The molecule has 22 heavy (non-hydrogen) atoms. The van der Waals surface area contributed by atoms with Gasteiger partial charge in [-0.3, -0.25) is 4.99 Å². The van der Waals surface area contributed by atoms with Crippen LogP contribution in [0.1, 0.15) is 18.6 Å². The number of nitrogens with one attached hydrogen (secondary N) is 2. The predicted octanol–water partition coefficient (Wildman–Crippen LogP) is 1.30. The molecule has 2 rings (SSSR count). The van der Waals surface area contributed by atoms with Crippen molar-refractivity contribution in [1.82, 2.24) is 15.5 Å². The summed E-state index contributed by atoms with van der Waals surface area (Å²) >= 11 is 0. The van der Waals surface area contributed by atoms with E-state index in [1.807, 2.05) is 19.2 Å². The van der Waals surface area contributed by atoms with E-state index in [9.17, 15) is 0 Å². The van der Waals surface area contributed by atoms with E-state index in [-0.39, 0.29) is 0 Å². The van der Waals surface area contributed by atoms with Crippen LogP contribution in [0.25, 0.3) is 0 Å². The summed E-state index contributed by atoms with van der Waals surface area (Å²) in [6.45, 7) is 5.45. The summed E-state index contributed by atoms with van der Waals surface area (Å²) in [4.78, 5) is 6.63. The topological polar surface area (TPSA) is 62.0 Å². The minimum atomic E-state index is 0.537. The zero-order valence-electron chi connectivity index (χ0n) is 13.7. The maximum Gasteiger partial charge on any atom is 0.190 e. The number of furan rings is 1. The van der Waals surface area contributed by atoms with Gasteiger partial charge in [-0.1, -0.05) is 0 Å². The Morgan fingerprint density at radius 3 is 3.09 bits per heavy atom. The molecule has 124 valence electrons. The van der Waals surface area contributed by atoms with Crippen molar-refractivity contribution in [3.8, 4) is 0 Å². The van der Waals surface area contributed by atoms with Crippen LogP contribution in [0, 0.1) is 5.92 Å². The molecule has 2 N–H and O–H groups in total. The minimum Gasteiger partial charge on any atom is -0.467 e. The highest BCUT2D eigenvalue weighted by Crippen LogP contribution is 2.12. The quantitative estimate of drug-likeness (QED) is 0.431. The van der Waals surface area contributed by atoms with E-state index >= 15 is 0 Å². The van der Waals surface area contributed by atoms with Crippen LogP contribution >= 0.6 is 0 Å². The third-order valence-electron chi connectivity index (χ3n) is 3.85. The molecular formula is C16H28N4O2. The van der Waals surface area contributed by atoms with E-state index in [0.717, 1.165) is 37.1 Å². The number of hydrogen-bond donors (Lipinski definition) is 2. The number of guanidine groups is 1. The van der Waals surface area contributed by atoms with Gasteiger partial charge in [-0.2, -0.15) is 0 Å². The van der Waals surface area contributed by atoms with Gasteiger partial charge in [0.1, 0.15) is 12.4 Å². The first-order chi connectivity index (χ1) is 10.8. The number of rotatable bonds is 8. The first-order valence-electron chi connectivity index (χ1n) is 8.01. The molecule has 0 saturated carbocycles.